The number of rotatable bonds is 4. The maximum absolute atomic E-state index is 11.1. The molecule has 0 aromatic carbocycles. The topological polar surface area (TPSA) is 81.2 Å². The number of hydrogen-bond donors (Lipinski definition) is 2. The fourth-order valence-corrected chi connectivity index (χ4v) is 0.928. The van der Waals surface area contributed by atoms with Gasteiger partial charge in [-0.25, -0.2) is 4.98 Å². The van der Waals surface area contributed by atoms with Gasteiger partial charge in [0.2, 0.25) is 5.91 Å². The van der Waals surface area contributed by atoms with Crippen LogP contribution in [0.15, 0.2) is 10.7 Å². The molecule has 0 aliphatic rings. The van der Waals surface area contributed by atoms with E-state index in [0.29, 0.717) is 24.7 Å². The first kappa shape index (κ1) is 9.73. The smallest absolute Gasteiger partial charge is 0.226 e. The molecule has 0 aliphatic carbocycles. The summed E-state index contributed by atoms with van der Waals surface area (Å²) in [5.74, 6) is 0.486. The molecule has 1 rings (SSSR count). The average Bonchev–Trinajstić information content (AvgIpc) is 2.48. The van der Waals surface area contributed by atoms with Gasteiger partial charge < -0.3 is 15.5 Å². The normalized spacial score (nSPS) is 10.0. The van der Waals surface area contributed by atoms with Crippen molar-refractivity contribution in [2.75, 3.05) is 13.1 Å². The lowest BCUT2D eigenvalue weighted by molar-refractivity contribution is -0.120. The number of nitrogens with zero attached hydrogens (tertiary/aromatic N) is 1. The van der Waals surface area contributed by atoms with Crippen molar-refractivity contribution in [1.29, 1.82) is 0 Å². The van der Waals surface area contributed by atoms with Crippen LogP contribution in [0.3, 0.4) is 0 Å². The molecule has 1 amide bonds. The van der Waals surface area contributed by atoms with Crippen molar-refractivity contribution < 1.29 is 9.21 Å². The third-order valence-corrected chi connectivity index (χ3v) is 1.47. The second-order valence-corrected chi connectivity index (χ2v) is 2.67. The highest BCUT2D eigenvalue weighted by atomic mass is 16.3. The quantitative estimate of drug-likeness (QED) is 0.665. The number of aromatic nitrogens is 1. The molecule has 13 heavy (non-hydrogen) atoms. The molecule has 0 radical (unpaired) electrons. The molecule has 0 bridgehead atoms. The Kier molecular flexibility index (Phi) is 3.45. The van der Waals surface area contributed by atoms with Gasteiger partial charge in [0, 0.05) is 20.0 Å². The molecule has 1 heterocycles. The highest BCUT2D eigenvalue weighted by Gasteiger charge is 2.05. The van der Waals surface area contributed by atoms with Crippen LogP contribution in [-0.2, 0) is 11.2 Å². The first-order valence-electron chi connectivity index (χ1n) is 4.10. The van der Waals surface area contributed by atoms with E-state index < -0.39 is 0 Å². The highest BCUT2D eigenvalue weighted by molar-refractivity contribution is 5.77. The van der Waals surface area contributed by atoms with Gasteiger partial charge in [-0.2, -0.15) is 0 Å². The Hall–Kier alpha value is -1.36. The van der Waals surface area contributed by atoms with E-state index in [2.05, 4.69) is 10.3 Å². The van der Waals surface area contributed by atoms with Crippen LogP contribution in [0.5, 0.6) is 0 Å². The predicted molar refractivity (Wildman–Crippen MR) is 47.0 cm³/mol. The summed E-state index contributed by atoms with van der Waals surface area (Å²) in [5.41, 5.74) is 5.87. The molecule has 0 saturated heterocycles. The van der Waals surface area contributed by atoms with Crippen molar-refractivity contribution in [2.45, 2.75) is 13.3 Å². The Labute approximate surface area is 76.3 Å². The molecule has 0 atom stereocenters. The lowest BCUT2D eigenvalue weighted by Crippen LogP contribution is -2.30. The van der Waals surface area contributed by atoms with E-state index in [0.717, 1.165) is 0 Å². The number of carbonyl (C=O) groups excluding carboxylic acids is 1. The van der Waals surface area contributed by atoms with Gasteiger partial charge in [-0.3, -0.25) is 4.79 Å². The van der Waals surface area contributed by atoms with Crippen molar-refractivity contribution in [1.82, 2.24) is 10.3 Å². The molecule has 3 N–H and O–H groups in total. The highest BCUT2D eigenvalue weighted by Crippen LogP contribution is 2.00. The summed E-state index contributed by atoms with van der Waals surface area (Å²) < 4.78 is 4.95. The standard InChI is InChI=1S/C8H13N3O2/c1-6-11-7(5-13-6)4-8(12)10-3-2-9/h5H,2-4,9H2,1H3,(H,10,12). The van der Waals surface area contributed by atoms with Crippen LogP contribution in [0.4, 0.5) is 0 Å². The van der Waals surface area contributed by atoms with Gasteiger partial charge in [0.05, 0.1) is 12.1 Å². The lowest BCUT2D eigenvalue weighted by Gasteiger charge is -1.99. The summed E-state index contributed by atoms with van der Waals surface area (Å²) in [6, 6.07) is 0. The van der Waals surface area contributed by atoms with Crippen molar-refractivity contribution in [3.63, 3.8) is 0 Å². The van der Waals surface area contributed by atoms with Crippen LogP contribution >= 0.6 is 0 Å². The molecule has 0 saturated carbocycles. The third-order valence-electron chi connectivity index (χ3n) is 1.47. The van der Waals surface area contributed by atoms with Gasteiger partial charge in [-0.05, 0) is 0 Å². The van der Waals surface area contributed by atoms with Crippen molar-refractivity contribution >= 4 is 5.91 Å². The zero-order valence-corrected chi connectivity index (χ0v) is 7.54. The first-order chi connectivity index (χ1) is 6.22. The Morgan fingerprint density at radius 1 is 1.77 bits per heavy atom. The Morgan fingerprint density at radius 3 is 3.08 bits per heavy atom. The maximum Gasteiger partial charge on any atom is 0.226 e. The fraction of sp³-hybridized carbons (Fsp3) is 0.500. The minimum Gasteiger partial charge on any atom is -0.449 e. The SMILES string of the molecule is Cc1nc(CC(=O)NCCN)co1. The number of carbonyl (C=O) groups is 1. The summed E-state index contributed by atoms with van der Waals surface area (Å²) in [5, 5.41) is 2.64. The molecule has 5 heteroatoms. The Balaban J connectivity index is 2.36. The van der Waals surface area contributed by atoms with Gasteiger partial charge in [-0.1, -0.05) is 0 Å². The molecule has 0 spiro atoms. The van der Waals surface area contributed by atoms with Crippen molar-refractivity contribution in [3.8, 4) is 0 Å². The van der Waals surface area contributed by atoms with E-state index in [9.17, 15) is 4.79 Å². The van der Waals surface area contributed by atoms with E-state index in [1.165, 1.54) is 6.26 Å². The van der Waals surface area contributed by atoms with Gasteiger partial charge in [0.25, 0.3) is 0 Å². The van der Waals surface area contributed by atoms with E-state index in [4.69, 9.17) is 10.2 Å². The minimum atomic E-state index is -0.0845. The van der Waals surface area contributed by atoms with Crippen LogP contribution in [-0.4, -0.2) is 24.0 Å². The Bertz CT molecular complexity index is 283. The first-order valence-corrected chi connectivity index (χ1v) is 4.10. The summed E-state index contributed by atoms with van der Waals surface area (Å²) in [6.45, 7) is 2.68. The fourth-order valence-electron chi connectivity index (χ4n) is 0.928. The number of oxazole rings is 1. The summed E-state index contributed by atoms with van der Waals surface area (Å²) in [4.78, 5) is 15.1. The van der Waals surface area contributed by atoms with Crippen LogP contribution in [0.2, 0.25) is 0 Å². The summed E-state index contributed by atoms with van der Waals surface area (Å²) in [7, 11) is 0. The second kappa shape index (κ2) is 4.61. The van der Waals surface area contributed by atoms with Crippen LogP contribution in [0, 0.1) is 6.92 Å². The zero-order valence-electron chi connectivity index (χ0n) is 7.54. The van der Waals surface area contributed by atoms with E-state index >= 15 is 0 Å². The zero-order chi connectivity index (χ0) is 9.68. The largest absolute Gasteiger partial charge is 0.449 e. The Morgan fingerprint density at radius 2 is 2.54 bits per heavy atom. The summed E-state index contributed by atoms with van der Waals surface area (Å²) >= 11 is 0. The van der Waals surface area contributed by atoms with Crippen LogP contribution in [0.25, 0.3) is 0 Å². The van der Waals surface area contributed by atoms with E-state index in [-0.39, 0.29) is 12.3 Å². The van der Waals surface area contributed by atoms with E-state index in [1.54, 1.807) is 6.92 Å². The van der Waals surface area contributed by atoms with Gasteiger partial charge in [-0.15, -0.1) is 0 Å². The van der Waals surface area contributed by atoms with Gasteiger partial charge in [0.15, 0.2) is 5.89 Å². The number of nitrogens with two attached hydrogens (primary N) is 1. The van der Waals surface area contributed by atoms with Gasteiger partial charge in [0.1, 0.15) is 6.26 Å². The number of hydrogen-bond acceptors (Lipinski definition) is 4. The monoisotopic (exact) mass is 183 g/mol. The molecule has 72 valence electrons. The van der Waals surface area contributed by atoms with Crippen LogP contribution < -0.4 is 11.1 Å². The number of nitrogens with one attached hydrogen (secondary N) is 1. The molecular weight excluding hydrogens is 170 g/mol. The van der Waals surface area contributed by atoms with Crippen LogP contribution in [0.1, 0.15) is 11.6 Å². The molecule has 0 unspecified atom stereocenters. The molecular formula is C8H13N3O2. The van der Waals surface area contributed by atoms with Gasteiger partial charge >= 0.3 is 0 Å². The summed E-state index contributed by atoms with van der Waals surface area (Å²) in [6.07, 6.45) is 1.73. The molecule has 0 aliphatic heterocycles. The molecule has 0 fully saturated rings. The molecule has 1 aromatic rings. The molecule has 5 nitrogen and oxygen atoms in total. The van der Waals surface area contributed by atoms with Crippen molar-refractivity contribution in [3.05, 3.63) is 17.8 Å². The lowest BCUT2D eigenvalue weighted by atomic mass is 10.3. The number of aryl methyl sites for hydroxylation is 1. The second-order valence-electron chi connectivity index (χ2n) is 2.67. The maximum atomic E-state index is 11.1. The van der Waals surface area contributed by atoms with Crippen molar-refractivity contribution in [2.24, 2.45) is 5.73 Å². The van der Waals surface area contributed by atoms with E-state index in [1.807, 2.05) is 0 Å². The minimum absolute atomic E-state index is 0.0845. The molecule has 1 aromatic heterocycles. The average molecular weight is 183 g/mol. The third kappa shape index (κ3) is 3.25. The number of amides is 1. The predicted octanol–water partition coefficient (Wildman–Crippen LogP) is -0.400.